The lowest BCUT2D eigenvalue weighted by Gasteiger charge is -2.13. The van der Waals surface area contributed by atoms with Crippen LogP contribution in [0.4, 0.5) is 5.69 Å². The van der Waals surface area contributed by atoms with Crippen molar-refractivity contribution in [1.82, 2.24) is 20.2 Å². The van der Waals surface area contributed by atoms with E-state index in [1.165, 1.54) is 12.8 Å². The number of benzene rings is 1. The van der Waals surface area contributed by atoms with Crippen LogP contribution in [-0.4, -0.2) is 20.2 Å². The normalized spacial score (nSPS) is 12.6. The van der Waals surface area contributed by atoms with Crippen LogP contribution in [-0.2, 0) is 0 Å². The maximum atomic E-state index is 5.91. The zero-order chi connectivity index (χ0) is 13.8. The highest BCUT2D eigenvalue weighted by Crippen LogP contribution is 2.27. The molecule has 19 heavy (non-hydrogen) atoms. The van der Waals surface area contributed by atoms with Crippen LogP contribution in [0.15, 0.2) is 22.7 Å². The van der Waals surface area contributed by atoms with Gasteiger partial charge in [-0.15, -0.1) is 5.10 Å². The maximum Gasteiger partial charge on any atom is 0.182 e. The van der Waals surface area contributed by atoms with E-state index in [2.05, 4.69) is 45.3 Å². The van der Waals surface area contributed by atoms with Crippen LogP contribution in [0.25, 0.3) is 11.4 Å². The highest BCUT2D eigenvalue weighted by atomic mass is 79.9. The first-order valence-corrected chi connectivity index (χ1v) is 7.26. The number of hydrogen-bond acceptors (Lipinski definition) is 4. The molecule has 1 heterocycles. The summed E-state index contributed by atoms with van der Waals surface area (Å²) in [6.07, 6.45) is 3.41. The standard InChI is InChI=1S/C13H18BrN5/c1-3-4-5-9(2)19-13(16-17-18-19)10-6-7-11(14)12(15)8-10/h6-9H,3-5,15H2,1-2H3. The molecule has 6 heteroatoms. The van der Waals surface area contributed by atoms with Crippen molar-refractivity contribution in [3.63, 3.8) is 0 Å². The molecule has 102 valence electrons. The zero-order valence-corrected chi connectivity index (χ0v) is 12.8. The number of tetrazole rings is 1. The van der Waals surface area contributed by atoms with Gasteiger partial charge in [-0.05, 0) is 57.9 Å². The van der Waals surface area contributed by atoms with Gasteiger partial charge >= 0.3 is 0 Å². The van der Waals surface area contributed by atoms with Crippen molar-refractivity contribution in [2.75, 3.05) is 5.73 Å². The predicted molar refractivity (Wildman–Crippen MR) is 79.6 cm³/mol. The third-order valence-corrected chi connectivity index (χ3v) is 3.86. The molecule has 0 saturated carbocycles. The fourth-order valence-electron chi connectivity index (χ4n) is 1.99. The van der Waals surface area contributed by atoms with Gasteiger partial charge in [-0.1, -0.05) is 19.8 Å². The van der Waals surface area contributed by atoms with E-state index in [9.17, 15) is 0 Å². The Kier molecular flexibility index (Phi) is 4.52. The lowest BCUT2D eigenvalue weighted by molar-refractivity contribution is 0.437. The minimum absolute atomic E-state index is 0.287. The minimum Gasteiger partial charge on any atom is -0.398 e. The van der Waals surface area contributed by atoms with Crippen LogP contribution in [0.1, 0.15) is 39.2 Å². The molecule has 2 N–H and O–H groups in total. The topological polar surface area (TPSA) is 69.6 Å². The van der Waals surface area contributed by atoms with Crippen molar-refractivity contribution in [2.24, 2.45) is 0 Å². The number of nitrogens with two attached hydrogens (primary N) is 1. The number of nitrogen functional groups attached to an aromatic ring is 1. The quantitative estimate of drug-likeness (QED) is 0.856. The molecule has 2 aromatic rings. The number of aromatic nitrogens is 4. The Hall–Kier alpha value is -1.43. The number of anilines is 1. The van der Waals surface area contributed by atoms with E-state index >= 15 is 0 Å². The SMILES string of the molecule is CCCCC(C)n1nnnc1-c1ccc(Br)c(N)c1. The smallest absolute Gasteiger partial charge is 0.182 e. The summed E-state index contributed by atoms with van der Waals surface area (Å²) < 4.78 is 2.76. The maximum absolute atomic E-state index is 5.91. The first kappa shape index (κ1) is 14.0. The van der Waals surface area contributed by atoms with E-state index in [0.29, 0.717) is 5.69 Å². The molecule has 0 fully saturated rings. The van der Waals surface area contributed by atoms with Crippen LogP contribution in [0.2, 0.25) is 0 Å². The molecule has 0 aliphatic carbocycles. The molecule has 0 radical (unpaired) electrons. The number of hydrogen-bond donors (Lipinski definition) is 1. The lowest BCUT2D eigenvalue weighted by atomic mass is 10.1. The molecule has 1 aromatic heterocycles. The summed E-state index contributed by atoms with van der Waals surface area (Å²) in [5.41, 5.74) is 7.54. The summed E-state index contributed by atoms with van der Waals surface area (Å²) in [7, 11) is 0. The van der Waals surface area contributed by atoms with Crippen LogP contribution in [0.3, 0.4) is 0 Å². The largest absolute Gasteiger partial charge is 0.398 e. The molecule has 0 aliphatic heterocycles. The Morgan fingerprint density at radius 3 is 2.89 bits per heavy atom. The predicted octanol–water partition coefficient (Wildman–Crippen LogP) is 3.44. The number of rotatable bonds is 5. The van der Waals surface area contributed by atoms with E-state index in [-0.39, 0.29) is 6.04 Å². The molecule has 1 aromatic carbocycles. The Labute approximate surface area is 121 Å². The van der Waals surface area contributed by atoms with E-state index in [0.717, 1.165) is 22.3 Å². The van der Waals surface area contributed by atoms with Gasteiger partial charge < -0.3 is 5.73 Å². The molecular weight excluding hydrogens is 306 g/mol. The average molecular weight is 324 g/mol. The van der Waals surface area contributed by atoms with Crippen molar-refractivity contribution in [1.29, 1.82) is 0 Å². The monoisotopic (exact) mass is 323 g/mol. The Balaban J connectivity index is 2.30. The molecule has 0 bridgehead atoms. The van der Waals surface area contributed by atoms with Crippen LogP contribution < -0.4 is 5.73 Å². The third kappa shape index (κ3) is 3.12. The average Bonchev–Trinajstić information content (AvgIpc) is 2.88. The molecule has 0 amide bonds. The molecule has 1 atom stereocenters. The first-order valence-electron chi connectivity index (χ1n) is 6.46. The van der Waals surface area contributed by atoms with E-state index < -0.39 is 0 Å². The van der Waals surface area contributed by atoms with Gasteiger partial charge in [0.15, 0.2) is 5.82 Å². The van der Waals surface area contributed by atoms with Gasteiger partial charge in [0, 0.05) is 15.7 Å². The van der Waals surface area contributed by atoms with Gasteiger partial charge in [0.1, 0.15) is 0 Å². The molecule has 0 saturated heterocycles. The van der Waals surface area contributed by atoms with E-state index in [1.807, 2.05) is 22.9 Å². The summed E-state index contributed by atoms with van der Waals surface area (Å²) in [4.78, 5) is 0. The van der Waals surface area contributed by atoms with E-state index in [4.69, 9.17) is 5.73 Å². The van der Waals surface area contributed by atoms with Crippen molar-refractivity contribution in [2.45, 2.75) is 39.2 Å². The second-order valence-corrected chi connectivity index (χ2v) is 5.53. The van der Waals surface area contributed by atoms with Gasteiger partial charge in [0.25, 0.3) is 0 Å². The lowest BCUT2D eigenvalue weighted by Crippen LogP contribution is -2.09. The minimum atomic E-state index is 0.287. The fraction of sp³-hybridized carbons (Fsp3) is 0.462. The van der Waals surface area contributed by atoms with Crippen LogP contribution in [0, 0.1) is 0 Å². The molecule has 0 aliphatic rings. The summed E-state index contributed by atoms with van der Waals surface area (Å²) >= 11 is 3.39. The molecule has 1 unspecified atom stereocenters. The number of halogens is 1. The van der Waals surface area contributed by atoms with Crippen LogP contribution in [0.5, 0.6) is 0 Å². The third-order valence-electron chi connectivity index (χ3n) is 3.14. The number of nitrogens with zero attached hydrogens (tertiary/aromatic N) is 4. The summed E-state index contributed by atoms with van der Waals surface area (Å²) in [6, 6.07) is 6.06. The van der Waals surface area contributed by atoms with Crippen molar-refractivity contribution < 1.29 is 0 Å². The van der Waals surface area contributed by atoms with Crippen molar-refractivity contribution >= 4 is 21.6 Å². The summed E-state index contributed by atoms with van der Waals surface area (Å²) in [5, 5.41) is 12.0. The summed E-state index contributed by atoms with van der Waals surface area (Å²) in [5.74, 6) is 0.766. The highest BCUT2D eigenvalue weighted by Gasteiger charge is 2.14. The van der Waals surface area contributed by atoms with Gasteiger partial charge in [0.2, 0.25) is 0 Å². The highest BCUT2D eigenvalue weighted by molar-refractivity contribution is 9.10. The van der Waals surface area contributed by atoms with Crippen molar-refractivity contribution in [3.8, 4) is 11.4 Å². The first-order chi connectivity index (χ1) is 9.13. The fourth-order valence-corrected chi connectivity index (χ4v) is 2.23. The molecular formula is C13H18BrN5. The second kappa shape index (κ2) is 6.14. The summed E-state index contributed by atoms with van der Waals surface area (Å²) in [6.45, 7) is 4.32. The Morgan fingerprint density at radius 1 is 1.42 bits per heavy atom. The number of unbranched alkanes of at least 4 members (excludes halogenated alkanes) is 1. The van der Waals surface area contributed by atoms with Gasteiger partial charge in [0.05, 0.1) is 6.04 Å². The Bertz CT molecular complexity index is 552. The van der Waals surface area contributed by atoms with Gasteiger partial charge in [-0.3, -0.25) is 0 Å². The molecule has 0 spiro atoms. The zero-order valence-electron chi connectivity index (χ0n) is 11.2. The Morgan fingerprint density at radius 2 is 2.21 bits per heavy atom. The van der Waals surface area contributed by atoms with Gasteiger partial charge in [-0.2, -0.15) is 0 Å². The van der Waals surface area contributed by atoms with Crippen LogP contribution >= 0.6 is 15.9 Å². The van der Waals surface area contributed by atoms with E-state index in [1.54, 1.807) is 0 Å². The van der Waals surface area contributed by atoms with Gasteiger partial charge in [-0.25, -0.2) is 4.68 Å². The van der Waals surface area contributed by atoms with Crippen molar-refractivity contribution in [3.05, 3.63) is 22.7 Å². The molecule has 2 rings (SSSR count). The second-order valence-electron chi connectivity index (χ2n) is 4.67. The molecule has 5 nitrogen and oxygen atoms in total.